The highest BCUT2D eigenvalue weighted by molar-refractivity contribution is 8.22. The number of ketones is 2. The summed E-state index contributed by atoms with van der Waals surface area (Å²) < 4.78 is 6.20. The van der Waals surface area contributed by atoms with Gasteiger partial charge in [0.2, 0.25) is 5.78 Å². The summed E-state index contributed by atoms with van der Waals surface area (Å²) in [6.07, 6.45) is 3.73. The number of allylic oxidation sites excluding steroid dienone is 2. The van der Waals surface area contributed by atoms with E-state index in [2.05, 4.69) is 0 Å². The Balaban J connectivity index is 2.10. The molecule has 1 aliphatic rings. The van der Waals surface area contributed by atoms with Gasteiger partial charge in [-0.2, -0.15) is 0 Å². The molecule has 0 N–H and O–H groups in total. The lowest BCUT2D eigenvalue weighted by Crippen LogP contribution is -2.19. The largest absolute Gasteiger partial charge is 0.489 e. The molecule has 0 spiro atoms. The molecule has 3 nitrogen and oxygen atoms in total. The number of Topliss-reactive ketones (excluding diaryl/α,β-unsaturated/α-hetero) is 1. The minimum atomic E-state index is -0.245. The fourth-order valence-electron chi connectivity index (χ4n) is 1.74. The first-order valence-corrected chi connectivity index (χ1v) is 7.36. The lowest BCUT2D eigenvalue weighted by atomic mass is 9.94. The van der Waals surface area contributed by atoms with Crippen molar-refractivity contribution in [3.8, 4) is 0 Å². The van der Waals surface area contributed by atoms with Crippen LogP contribution in [0.4, 0.5) is 0 Å². The van der Waals surface area contributed by atoms with Crippen molar-refractivity contribution in [1.82, 2.24) is 0 Å². The van der Waals surface area contributed by atoms with Crippen LogP contribution >= 0.6 is 24.0 Å². The molecule has 1 aliphatic carbocycles. The van der Waals surface area contributed by atoms with E-state index in [-0.39, 0.29) is 17.3 Å². The van der Waals surface area contributed by atoms with Gasteiger partial charge in [-0.15, -0.1) is 11.8 Å². The maximum absolute atomic E-state index is 12.1. The monoisotopic (exact) mass is 292 g/mol. The summed E-state index contributed by atoms with van der Waals surface area (Å²) >= 11 is 6.53. The molecule has 1 aromatic rings. The van der Waals surface area contributed by atoms with E-state index in [1.807, 2.05) is 6.26 Å². The molecule has 19 heavy (non-hydrogen) atoms. The molecule has 0 unspecified atom stereocenters. The van der Waals surface area contributed by atoms with Crippen molar-refractivity contribution in [3.63, 3.8) is 0 Å². The summed E-state index contributed by atoms with van der Waals surface area (Å²) in [5.41, 5.74) is 0.830. The van der Waals surface area contributed by atoms with Gasteiger partial charge in [0.15, 0.2) is 11.5 Å². The summed E-state index contributed by atoms with van der Waals surface area (Å²) in [7, 11) is 0. The van der Waals surface area contributed by atoms with Crippen molar-refractivity contribution >= 4 is 39.7 Å². The average Bonchev–Trinajstić information content (AvgIpc) is 2.44. The minimum Gasteiger partial charge on any atom is -0.489 e. The Labute approximate surface area is 121 Å². The SMILES string of the molecule is CSC(=S)CCOC1=CC(=O)c2ccccc2C1=O. The van der Waals surface area contributed by atoms with E-state index < -0.39 is 0 Å². The molecule has 0 atom stereocenters. The van der Waals surface area contributed by atoms with E-state index in [4.69, 9.17) is 17.0 Å². The molecule has 0 aromatic heterocycles. The number of thioether (sulfide) groups is 1. The summed E-state index contributed by atoms with van der Waals surface area (Å²) in [6, 6.07) is 6.75. The minimum absolute atomic E-state index is 0.104. The number of carbonyl (C=O) groups excluding carboxylic acids is 2. The van der Waals surface area contributed by atoms with Crippen LogP contribution < -0.4 is 0 Å². The van der Waals surface area contributed by atoms with Gasteiger partial charge in [0.1, 0.15) is 0 Å². The molecule has 0 heterocycles. The van der Waals surface area contributed by atoms with Crippen LogP contribution in [-0.2, 0) is 4.74 Å². The highest BCUT2D eigenvalue weighted by Gasteiger charge is 2.26. The van der Waals surface area contributed by atoms with Crippen LogP contribution in [-0.4, -0.2) is 28.6 Å². The fourth-order valence-corrected chi connectivity index (χ4v) is 2.12. The van der Waals surface area contributed by atoms with E-state index in [1.165, 1.54) is 17.8 Å². The van der Waals surface area contributed by atoms with Crippen LogP contribution in [0.15, 0.2) is 36.1 Å². The van der Waals surface area contributed by atoms with Crippen LogP contribution in [0, 0.1) is 0 Å². The molecule has 5 heteroatoms. The topological polar surface area (TPSA) is 43.4 Å². The predicted molar refractivity (Wildman–Crippen MR) is 79.9 cm³/mol. The van der Waals surface area contributed by atoms with Crippen LogP contribution in [0.3, 0.4) is 0 Å². The van der Waals surface area contributed by atoms with Crippen molar-refractivity contribution in [1.29, 1.82) is 0 Å². The average molecular weight is 292 g/mol. The molecule has 0 saturated heterocycles. The lowest BCUT2D eigenvalue weighted by molar-refractivity contribution is 0.0888. The summed E-state index contributed by atoms with van der Waals surface area (Å²) in [5, 5.41) is 0. The van der Waals surface area contributed by atoms with Gasteiger partial charge in [-0.25, -0.2) is 0 Å². The number of ether oxygens (including phenoxy) is 1. The number of carbonyl (C=O) groups is 2. The van der Waals surface area contributed by atoms with Gasteiger partial charge in [-0.3, -0.25) is 9.59 Å². The summed E-state index contributed by atoms with van der Waals surface area (Å²) in [6.45, 7) is 0.312. The first-order valence-electron chi connectivity index (χ1n) is 5.73. The lowest BCUT2D eigenvalue weighted by Gasteiger charge is -2.15. The smallest absolute Gasteiger partial charge is 0.228 e. The van der Waals surface area contributed by atoms with E-state index >= 15 is 0 Å². The van der Waals surface area contributed by atoms with Crippen LogP contribution in [0.1, 0.15) is 27.1 Å². The van der Waals surface area contributed by atoms with Crippen LogP contribution in [0.2, 0.25) is 0 Å². The predicted octanol–water partition coefficient (Wildman–Crippen LogP) is 3.05. The van der Waals surface area contributed by atoms with Gasteiger partial charge in [0.25, 0.3) is 0 Å². The Morgan fingerprint density at radius 1 is 1.26 bits per heavy atom. The molecule has 2 rings (SSSR count). The normalized spacial score (nSPS) is 13.8. The molecule has 0 aliphatic heterocycles. The number of hydrogen-bond donors (Lipinski definition) is 0. The van der Waals surface area contributed by atoms with Gasteiger partial charge in [0.05, 0.1) is 10.8 Å². The molecule has 0 radical (unpaired) electrons. The van der Waals surface area contributed by atoms with Gasteiger partial charge >= 0.3 is 0 Å². The van der Waals surface area contributed by atoms with Gasteiger partial charge in [-0.1, -0.05) is 36.5 Å². The molecule has 0 saturated carbocycles. The van der Waals surface area contributed by atoms with Crippen LogP contribution in [0.5, 0.6) is 0 Å². The van der Waals surface area contributed by atoms with E-state index in [1.54, 1.807) is 24.3 Å². The standard InChI is InChI=1S/C14H12O3S2/c1-19-13(18)6-7-17-12-8-11(15)9-4-2-3-5-10(9)14(12)16/h2-5,8H,6-7H2,1H3. The van der Waals surface area contributed by atoms with Gasteiger partial charge < -0.3 is 4.74 Å². The molecule has 0 bridgehead atoms. The number of hydrogen-bond acceptors (Lipinski definition) is 5. The zero-order valence-corrected chi connectivity index (χ0v) is 12.0. The quantitative estimate of drug-likeness (QED) is 0.798. The third kappa shape index (κ3) is 3.11. The van der Waals surface area contributed by atoms with Gasteiger partial charge in [-0.05, 0) is 6.26 Å². The second-order valence-electron chi connectivity index (χ2n) is 3.92. The maximum atomic E-state index is 12.1. The van der Waals surface area contributed by atoms with Crippen molar-refractivity contribution < 1.29 is 14.3 Å². The molecular weight excluding hydrogens is 280 g/mol. The van der Waals surface area contributed by atoms with E-state index in [9.17, 15) is 9.59 Å². The van der Waals surface area contributed by atoms with Crippen molar-refractivity contribution in [2.45, 2.75) is 6.42 Å². The first-order chi connectivity index (χ1) is 9.13. The van der Waals surface area contributed by atoms with Crippen molar-refractivity contribution in [2.75, 3.05) is 12.9 Å². The molecule has 98 valence electrons. The zero-order valence-electron chi connectivity index (χ0n) is 10.3. The second-order valence-corrected chi connectivity index (χ2v) is 5.57. The highest BCUT2D eigenvalue weighted by Crippen LogP contribution is 2.22. The first kappa shape index (κ1) is 14.0. The highest BCUT2D eigenvalue weighted by atomic mass is 32.2. The number of thiocarbonyl (C=S) groups is 1. The number of fused-ring (bicyclic) bond motifs is 1. The molecule has 0 fully saturated rings. The molecule has 1 aromatic carbocycles. The van der Waals surface area contributed by atoms with Gasteiger partial charge in [0, 0.05) is 23.6 Å². The Morgan fingerprint density at radius 2 is 1.95 bits per heavy atom. The maximum Gasteiger partial charge on any atom is 0.228 e. The zero-order chi connectivity index (χ0) is 13.8. The molecule has 0 amide bonds. The Bertz CT molecular complexity index is 576. The van der Waals surface area contributed by atoms with Crippen LogP contribution in [0.25, 0.3) is 0 Å². The fraction of sp³-hybridized carbons (Fsp3) is 0.214. The van der Waals surface area contributed by atoms with E-state index in [0.717, 1.165) is 4.20 Å². The third-order valence-corrected chi connectivity index (χ3v) is 4.08. The Hall–Kier alpha value is -1.46. The second kappa shape index (κ2) is 6.12. The summed E-state index contributed by atoms with van der Waals surface area (Å²) in [5.74, 6) is -0.337. The summed E-state index contributed by atoms with van der Waals surface area (Å²) in [4.78, 5) is 24.0. The number of benzene rings is 1. The third-order valence-electron chi connectivity index (χ3n) is 2.71. The van der Waals surface area contributed by atoms with Crippen molar-refractivity contribution in [2.24, 2.45) is 0 Å². The Morgan fingerprint density at radius 3 is 2.63 bits per heavy atom. The Kier molecular flexibility index (Phi) is 4.50. The van der Waals surface area contributed by atoms with E-state index in [0.29, 0.717) is 24.2 Å². The van der Waals surface area contributed by atoms with Crippen molar-refractivity contribution in [3.05, 3.63) is 47.2 Å². The number of rotatable bonds is 4. The molecular formula is C14H12O3S2.